The minimum atomic E-state index is -1.48. The Morgan fingerprint density at radius 2 is 1.62 bits per heavy atom. The second kappa shape index (κ2) is 13.7. The topological polar surface area (TPSA) is 214 Å². The monoisotopic (exact) mass is 435 g/mol. The molecule has 0 bridgehead atoms. The summed E-state index contributed by atoms with van der Waals surface area (Å²) < 4.78 is 0. The molecule has 0 heterocycles. The Bertz CT molecular complexity index is 602. The Morgan fingerprint density at radius 1 is 1.00 bits per heavy atom. The second-order valence-electron chi connectivity index (χ2n) is 6.24. The van der Waals surface area contributed by atoms with E-state index in [-0.39, 0.29) is 19.3 Å². The number of carbonyl (C=O) groups excluding carboxylic acids is 4. The number of hydrogen-bond acceptors (Lipinski definition) is 8. The Morgan fingerprint density at radius 3 is 2.07 bits per heavy atom. The lowest BCUT2D eigenvalue weighted by Gasteiger charge is -2.25. The molecule has 4 amide bonds. The highest BCUT2D eigenvalue weighted by molar-refractivity contribution is 7.98. The normalized spacial score (nSPS) is 14.8. The quantitative estimate of drug-likeness (QED) is 0.147. The standard InChI is InChI=1S/C16H29N5O7S/c1-8(22)13(15(26)20-10(16(27)28)5-6-29-2)21-14(25)9(3-4-11(18)23)19-12(24)7-17/h8-10,13,22H,3-7,17H2,1-2H3,(H2,18,23)(H,19,24)(H,20,26)(H,21,25)(H,27,28). The van der Waals surface area contributed by atoms with E-state index in [0.29, 0.717) is 5.75 Å². The Hall–Kier alpha value is -2.38. The number of amides is 4. The molecule has 9 N–H and O–H groups in total. The van der Waals surface area contributed by atoms with Gasteiger partial charge in [-0.2, -0.15) is 11.8 Å². The van der Waals surface area contributed by atoms with Gasteiger partial charge in [-0.15, -0.1) is 0 Å². The molecule has 0 aromatic heterocycles. The van der Waals surface area contributed by atoms with Crippen molar-refractivity contribution < 1.29 is 34.2 Å². The molecule has 4 unspecified atom stereocenters. The predicted octanol–water partition coefficient (Wildman–Crippen LogP) is -3.12. The van der Waals surface area contributed by atoms with Crippen LogP contribution < -0.4 is 27.4 Å². The fourth-order valence-corrected chi connectivity index (χ4v) is 2.69. The van der Waals surface area contributed by atoms with Crippen LogP contribution in [0.15, 0.2) is 0 Å². The van der Waals surface area contributed by atoms with Gasteiger partial charge in [-0.25, -0.2) is 4.79 Å². The average molecular weight is 436 g/mol. The maximum atomic E-state index is 12.5. The van der Waals surface area contributed by atoms with E-state index >= 15 is 0 Å². The van der Waals surface area contributed by atoms with Crippen molar-refractivity contribution in [2.75, 3.05) is 18.6 Å². The van der Waals surface area contributed by atoms with Crippen molar-refractivity contribution in [2.24, 2.45) is 11.5 Å². The molecule has 0 saturated heterocycles. The Kier molecular flexibility index (Phi) is 12.6. The molecule has 4 atom stereocenters. The lowest BCUT2D eigenvalue weighted by Crippen LogP contribution is -2.59. The lowest BCUT2D eigenvalue weighted by molar-refractivity contribution is -0.143. The van der Waals surface area contributed by atoms with Gasteiger partial charge in [0.1, 0.15) is 18.1 Å². The number of carboxylic acid groups (broad SMARTS) is 1. The molecule has 0 saturated carbocycles. The summed E-state index contributed by atoms with van der Waals surface area (Å²) in [5.41, 5.74) is 10.3. The molecular formula is C16H29N5O7S. The van der Waals surface area contributed by atoms with Gasteiger partial charge in [0.05, 0.1) is 12.6 Å². The van der Waals surface area contributed by atoms with E-state index in [1.165, 1.54) is 18.7 Å². The maximum absolute atomic E-state index is 12.5. The van der Waals surface area contributed by atoms with E-state index in [1.54, 1.807) is 6.26 Å². The number of carbonyl (C=O) groups is 5. The van der Waals surface area contributed by atoms with E-state index < -0.39 is 60.4 Å². The fourth-order valence-electron chi connectivity index (χ4n) is 2.22. The van der Waals surface area contributed by atoms with Crippen molar-refractivity contribution in [3.8, 4) is 0 Å². The van der Waals surface area contributed by atoms with Gasteiger partial charge in [-0.3, -0.25) is 19.2 Å². The van der Waals surface area contributed by atoms with Crippen molar-refractivity contribution in [2.45, 2.75) is 50.4 Å². The summed E-state index contributed by atoms with van der Waals surface area (Å²) in [5.74, 6) is -3.91. The van der Waals surface area contributed by atoms with Crippen molar-refractivity contribution in [1.82, 2.24) is 16.0 Å². The van der Waals surface area contributed by atoms with E-state index in [1.807, 2.05) is 0 Å². The fraction of sp³-hybridized carbons (Fsp3) is 0.688. The van der Waals surface area contributed by atoms with Crippen LogP contribution in [0, 0.1) is 0 Å². The molecule has 166 valence electrons. The van der Waals surface area contributed by atoms with Gasteiger partial charge in [0.2, 0.25) is 23.6 Å². The molecule has 0 fully saturated rings. The maximum Gasteiger partial charge on any atom is 0.326 e. The van der Waals surface area contributed by atoms with Crippen LogP contribution in [0.3, 0.4) is 0 Å². The number of carboxylic acids is 1. The molecule has 0 aliphatic carbocycles. The van der Waals surface area contributed by atoms with Gasteiger partial charge < -0.3 is 37.6 Å². The van der Waals surface area contributed by atoms with Crippen molar-refractivity contribution in [1.29, 1.82) is 0 Å². The van der Waals surface area contributed by atoms with Crippen LogP contribution in [0.25, 0.3) is 0 Å². The molecule has 0 aliphatic rings. The van der Waals surface area contributed by atoms with Crippen LogP contribution in [0.4, 0.5) is 0 Å². The molecular weight excluding hydrogens is 406 g/mol. The van der Waals surface area contributed by atoms with Crippen molar-refractivity contribution in [3.63, 3.8) is 0 Å². The molecule has 13 heteroatoms. The van der Waals surface area contributed by atoms with Crippen LogP contribution in [-0.2, 0) is 24.0 Å². The highest BCUT2D eigenvalue weighted by atomic mass is 32.2. The Labute approximate surface area is 172 Å². The lowest BCUT2D eigenvalue weighted by atomic mass is 10.1. The zero-order valence-electron chi connectivity index (χ0n) is 16.3. The first-order valence-corrected chi connectivity index (χ1v) is 10.2. The first-order valence-electron chi connectivity index (χ1n) is 8.81. The Balaban J connectivity index is 5.25. The third kappa shape index (κ3) is 10.7. The number of hydrogen-bond donors (Lipinski definition) is 7. The SMILES string of the molecule is CSCCC(NC(=O)C(NC(=O)C(CCC(N)=O)NC(=O)CN)C(C)O)C(=O)O. The van der Waals surface area contributed by atoms with Gasteiger partial charge in [0.25, 0.3) is 0 Å². The molecule has 29 heavy (non-hydrogen) atoms. The number of primary amides is 1. The van der Waals surface area contributed by atoms with Crippen LogP contribution >= 0.6 is 11.8 Å². The average Bonchev–Trinajstić information content (AvgIpc) is 2.64. The van der Waals surface area contributed by atoms with Gasteiger partial charge in [-0.1, -0.05) is 0 Å². The molecule has 0 spiro atoms. The number of nitrogens with one attached hydrogen (secondary N) is 3. The minimum Gasteiger partial charge on any atom is -0.480 e. The summed E-state index contributed by atoms with van der Waals surface area (Å²) in [6.07, 6.45) is 0.199. The second-order valence-corrected chi connectivity index (χ2v) is 7.22. The van der Waals surface area contributed by atoms with Gasteiger partial charge in [0, 0.05) is 6.42 Å². The van der Waals surface area contributed by atoms with Crippen LogP contribution in [-0.4, -0.2) is 82.6 Å². The molecule has 0 aromatic rings. The number of aliphatic hydroxyl groups excluding tert-OH is 1. The van der Waals surface area contributed by atoms with E-state index in [4.69, 9.17) is 11.5 Å². The summed E-state index contributed by atoms with van der Waals surface area (Å²) in [6, 6.07) is -3.90. The summed E-state index contributed by atoms with van der Waals surface area (Å²) in [7, 11) is 0. The van der Waals surface area contributed by atoms with Crippen LogP contribution in [0.2, 0.25) is 0 Å². The smallest absolute Gasteiger partial charge is 0.326 e. The van der Waals surface area contributed by atoms with Crippen LogP contribution in [0.5, 0.6) is 0 Å². The molecule has 0 radical (unpaired) electrons. The summed E-state index contributed by atoms with van der Waals surface area (Å²) in [6.45, 7) is 0.829. The number of rotatable bonds is 14. The highest BCUT2D eigenvalue weighted by Crippen LogP contribution is 2.04. The van der Waals surface area contributed by atoms with E-state index in [2.05, 4.69) is 16.0 Å². The zero-order chi connectivity index (χ0) is 22.6. The summed E-state index contributed by atoms with van der Waals surface area (Å²) in [5, 5.41) is 25.9. The predicted molar refractivity (Wildman–Crippen MR) is 106 cm³/mol. The number of aliphatic carboxylic acids is 1. The molecule has 12 nitrogen and oxygen atoms in total. The molecule has 0 rings (SSSR count). The number of thioether (sulfide) groups is 1. The number of nitrogens with two attached hydrogens (primary N) is 2. The van der Waals surface area contributed by atoms with Crippen molar-refractivity contribution >= 4 is 41.4 Å². The van der Waals surface area contributed by atoms with Crippen molar-refractivity contribution in [3.05, 3.63) is 0 Å². The number of aliphatic hydroxyl groups is 1. The van der Waals surface area contributed by atoms with E-state index in [9.17, 15) is 34.2 Å². The zero-order valence-corrected chi connectivity index (χ0v) is 17.2. The largest absolute Gasteiger partial charge is 0.480 e. The third-order valence-electron chi connectivity index (χ3n) is 3.80. The first-order chi connectivity index (χ1) is 13.5. The summed E-state index contributed by atoms with van der Waals surface area (Å²) in [4.78, 5) is 58.7. The van der Waals surface area contributed by atoms with Crippen LogP contribution in [0.1, 0.15) is 26.2 Å². The first kappa shape index (κ1) is 26.6. The van der Waals surface area contributed by atoms with Gasteiger partial charge in [0.15, 0.2) is 0 Å². The minimum absolute atomic E-state index is 0.146. The van der Waals surface area contributed by atoms with E-state index in [0.717, 1.165) is 0 Å². The molecule has 0 aliphatic heterocycles. The van der Waals surface area contributed by atoms with Gasteiger partial charge in [-0.05, 0) is 31.8 Å². The van der Waals surface area contributed by atoms with Gasteiger partial charge >= 0.3 is 5.97 Å². The molecule has 0 aromatic carbocycles. The highest BCUT2D eigenvalue weighted by Gasteiger charge is 2.32. The summed E-state index contributed by atoms with van der Waals surface area (Å²) >= 11 is 1.40. The third-order valence-corrected chi connectivity index (χ3v) is 4.45.